The van der Waals surface area contributed by atoms with Crippen LogP contribution in [0.5, 0.6) is 11.5 Å². The molecule has 0 spiro atoms. The standard InChI is InChI=1S/C14H20N2O3/c1-15-7-4-8-16(10-14(15)17)11-5-6-12(18-2)13(9-11)19-3/h5-6,9H,4,7-8,10H2,1-3H3. The van der Waals surface area contributed by atoms with Gasteiger partial charge < -0.3 is 19.3 Å². The van der Waals surface area contributed by atoms with Gasteiger partial charge in [-0.25, -0.2) is 0 Å². The average molecular weight is 264 g/mol. The first-order valence-electron chi connectivity index (χ1n) is 6.36. The van der Waals surface area contributed by atoms with Gasteiger partial charge in [0.05, 0.1) is 20.8 Å². The van der Waals surface area contributed by atoms with Crippen LogP contribution < -0.4 is 14.4 Å². The molecule has 104 valence electrons. The predicted molar refractivity (Wildman–Crippen MR) is 74.0 cm³/mol. The summed E-state index contributed by atoms with van der Waals surface area (Å²) in [6.07, 6.45) is 0.969. The van der Waals surface area contributed by atoms with Crippen molar-refractivity contribution < 1.29 is 14.3 Å². The van der Waals surface area contributed by atoms with Gasteiger partial charge in [0.2, 0.25) is 5.91 Å². The Balaban J connectivity index is 2.23. The summed E-state index contributed by atoms with van der Waals surface area (Å²) in [5, 5.41) is 0. The number of nitrogens with zero attached hydrogens (tertiary/aromatic N) is 2. The molecular formula is C14H20N2O3. The van der Waals surface area contributed by atoms with Crippen LogP contribution in [0.25, 0.3) is 0 Å². The molecule has 1 aliphatic heterocycles. The van der Waals surface area contributed by atoms with Crippen molar-refractivity contribution in [2.24, 2.45) is 0 Å². The first-order valence-corrected chi connectivity index (χ1v) is 6.36. The minimum Gasteiger partial charge on any atom is -0.493 e. The summed E-state index contributed by atoms with van der Waals surface area (Å²) in [6.45, 7) is 2.08. The minimum atomic E-state index is 0.146. The predicted octanol–water partition coefficient (Wildman–Crippen LogP) is 1.37. The van der Waals surface area contributed by atoms with Crippen molar-refractivity contribution >= 4 is 11.6 Å². The quantitative estimate of drug-likeness (QED) is 0.827. The van der Waals surface area contributed by atoms with Crippen molar-refractivity contribution in [3.8, 4) is 11.5 Å². The molecule has 1 fully saturated rings. The number of anilines is 1. The van der Waals surface area contributed by atoms with Crippen LogP contribution in [-0.4, -0.2) is 51.7 Å². The molecule has 5 nitrogen and oxygen atoms in total. The number of methoxy groups -OCH3 is 2. The summed E-state index contributed by atoms with van der Waals surface area (Å²) in [4.78, 5) is 15.8. The van der Waals surface area contributed by atoms with Crippen LogP contribution in [0, 0.1) is 0 Å². The van der Waals surface area contributed by atoms with Crippen molar-refractivity contribution in [3.05, 3.63) is 18.2 Å². The number of rotatable bonds is 3. The molecule has 0 radical (unpaired) electrons. The molecule has 0 aliphatic carbocycles. The normalized spacial score (nSPS) is 16.3. The average Bonchev–Trinajstić information content (AvgIpc) is 2.60. The van der Waals surface area contributed by atoms with E-state index in [2.05, 4.69) is 4.90 Å². The highest BCUT2D eigenvalue weighted by Gasteiger charge is 2.20. The maximum Gasteiger partial charge on any atom is 0.241 e. The Kier molecular flexibility index (Phi) is 4.14. The molecule has 0 N–H and O–H groups in total. The third-order valence-corrected chi connectivity index (χ3v) is 3.41. The van der Waals surface area contributed by atoms with Crippen molar-refractivity contribution in [3.63, 3.8) is 0 Å². The van der Waals surface area contributed by atoms with Gasteiger partial charge in [-0.1, -0.05) is 0 Å². The van der Waals surface area contributed by atoms with Crippen molar-refractivity contribution in [1.82, 2.24) is 4.90 Å². The maximum absolute atomic E-state index is 11.9. The lowest BCUT2D eigenvalue weighted by molar-refractivity contribution is -0.127. The van der Waals surface area contributed by atoms with E-state index in [-0.39, 0.29) is 5.91 Å². The van der Waals surface area contributed by atoms with E-state index in [1.807, 2.05) is 25.2 Å². The second kappa shape index (κ2) is 5.82. The lowest BCUT2D eigenvalue weighted by Gasteiger charge is -2.23. The Morgan fingerprint density at radius 2 is 1.84 bits per heavy atom. The third kappa shape index (κ3) is 2.92. The van der Waals surface area contributed by atoms with E-state index in [9.17, 15) is 4.79 Å². The van der Waals surface area contributed by atoms with E-state index in [4.69, 9.17) is 9.47 Å². The van der Waals surface area contributed by atoms with Crippen molar-refractivity contribution in [2.75, 3.05) is 45.8 Å². The van der Waals surface area contributed by atoms with Crippen LogP contribution in [0.1, 0.15) is 6.42 Å². The van der Waals surface area contributed by atoms with Gasteiger partial charge in [-0.05, 0) is 18.6 Å². The molecule has 0 aromatic heterocycles. The summed E-state index contributed by atoms with van der Waals surface area (Å²) >= 11 is 0. The van der Waals surface area contributed by atoms with E-state index in [1.165, 1.54) is 0 Å². The monoisotopic (exact) mass is 264 g/mol. The Morgan fingerprint density at radius 1 is 1.11 bits per heavy atom. The summed E-state index contributed by atoms with van der Waals surface area (Å²) < 4.78 is 10.5. The van der Waals surface area contributed by atoms with Crippen LogP contribution >= 0.6 is 0 Å². The Hall–Kier alpha value is -1.91. The topological polar surface area (TPSA) is 42.0 Å². The molecular weight excluding hydrogens is 244 g/mol. The molecule has 0 saturated carbocycles. The van der Waals surface area contributed by atoms with Crippen LogP contribution in [0.3, 0.4) is 0 Å². The highest BCUT2D eigenvalue weighted by atomic mass is 16.5. The van der Waals surface area contributed by atoms with E-state index in [1.54, 1.807) is 19.1 Å². The number of hydrogen-bond acceptors (Lipinski definition) is 4. The summed E-state index contributed by atoms with van der Waals surface area (Å²) in [7, 11) is 5.07. The molecule has 5 heteroatoms. The van der Waals surface area contributed by atoms with Crippen LogP contribution in [0.4, 0.5) is 5.69 Å². The molecule has 0 unspecified atom stereocenters. The first-order chi connectivity index (χ1) is 9.15. The second-order valence-electron chi connectivity index (χ2n) is 4.63. The minimum absolute atomic E-state index is 0.146. The summed E-state index contributed by atoms with van der Waals surface area (Å²) in [5.74, 6) is 1.53. The van der Waals surface area contributed by atoms with Crippen LogP contribution in [0.2, 0.25) is 0 Å². The van der Waals surface area contributed by atoms with Gasteiger partial charge in [-0.2, -0.15) is 0 Å². The fourth-order valence-electron chi connectivity index (χ4n) is 2.23. The zero-order valence-corrected chi connectivity index (χ0v) is 11.7. The molecule has 0 bridgehead atoms. The smallest absolute Gasteiger partial charge is 0.241 e. The fourth-order valence-corrected chi connectivity index (χ4v) is 2.23. The Labute approximate surface area is 113 Å². The maximum atomic E-state index is 11.9. The van der Waals surface area contributed by atoms with Gasteiger partial charge in [-0.15, -0.1) is 0 Å². The van der Waals surface area contributed by atoms with E-state index in [0.29, 0.717) is 18.0 Å². The van der Waals surface area contributed by atoms with Gasteiger partial charge in [0.1, 0.15) is 0 Å². The van der Waals surface area contributed by atoms with E-state index >= 15 is 0 Å². The first kappa shape index (κ1) is 13.5. The lowest BCUT2D eigenvalue weighted by Crippen LogP contribution is -2.34. The second-order valence-corrected chi connectivity index (χ2v) is 4.63. The number of benzene rings is 1. The molecule has 1 amide bonds. The molecule has 0 atom stereocenters. The number of likely N-dealkylation sites (N-methyl/N-ethyl adjacent to an activating group) is 1. The molecule has 1 saturated heterocycles. The number of ether oxygens (including phenoxy) is 2. The van der Waals surface area contributed by atoms with Gasteiger partial charge in [-0.3, -0.25) is 4.79 Å². The van der Waals surface area contributed by atoms with Crippen LogP contribution in [-0.2, 0) is 4.79 Å². The fraction of sp³-hybridized carbons (Fsp3) is 0.500. The zero-order chi connectivity index (χ0) is 13.8. The molecule has 1 aromatic rings. The number of amides is 1. The summed E-state index contributed by atoms with van der Waals surface area (Å²) in [6, 6.07) is 5.74. The third-order valence-electron chi connectivity index (χ3n) is 3.41. The number of hydrogen-bond donors (Lipinski definition) is 0. The summed E-state index contributed by atoms with van der Waals surface area (Å²) in [5.41, 5.74) is 0.987. The van der Waals surface area contributed by atoms with Crippen molar-refractivity contribution in [2.45, 2.75) is 6.42 Å². The zero-order valence-electron chi connectivity index (χ0n) is 11.7. The number of carbonyl (C=O) groups is 1. The SMILES string of the molecule is COc1ccc(N2CCCN(C)C(=O)C2)cc1OC. The Bertz CT molecular complexity index is 462. The molecule has 2 rings (SSSR count). The van der Waals surface area contributed by atoms with E-state index in [0.717, 1.165) is 25.2 Å². The van der Waals surface area contributed by atoms with Crippen LogP contribution in [0.15, 0.2) is 18.2 Å². The van der Waals surface area contributed by atoms with Crippen molar-refractivity contribution in [1.29, 1.82) is 0 Å². The van der Waals surface area contributed by atoms with Gasteiger partial charge >= 0.3 is 0 Å². The molecule has 1 aliphatic rings. The largest absolute Gasteiger partial charge is 0.493 e. The van der Waals surface area contributed by atoms with Gasteiger partial charge in [0.15, 0.2) is 11.5 Å². The molecule has 1 heterocycles. The van der Waals surface area contributed by atoms with Gasteiger partial charge in [0, 0.05) is 31.9 Å². The molecule has 1 aromatic carbocycles. The number of carbonyl (C=O) groups excluding carboxylic acids is 1. The van der Waals surface area contributed by atoms with Gasteiger partial charge in [0.25, 0.3) is 0 Å². The molecule has 19 heavy (non-hydrogen) atoms. The van der Waals surface area contributed by atoms with E-state index < -0.39 is 0 Å². The highest BCUT2D eigenvalue weighted by Crippen LogP contribution is 2.31. The Morgan fingerprint density at radius 3 is 2.53 bits per heavy atom. The lowest BCUT2D eigenvalue weighted by atomic mass is 10.2. The highest BCUT2D eigenvalue weighted by molar-refractivity contribution is 5.82.